The molecule has 172 valence electrons. The molecule has 33 heavy (non-hydrogen) atoms. The van der Waals surface area contributed by atoms with Gasteiger partial charge in [-0.25, -0.2) is 13.1 Å². The molecule has 4 rings (SSSR count). The van der Waals surface area contributed by atoms with Gasteiger partial charge in [-0.15, -0.1) is 10.2 Å². The van der Waals surface area contributed by atoms with E-state index in [2.05, 4.69) is 20.2 Å². The van der Waals surface area contributed by atoms with Crippen molar-refractivity contribution in [2.75, 3.05) is 11.9 Å². The Hall–Kier alpha value is -3.15. The largest absolute Gasteiger partial charge is 0.338 e. The number of benzene rings is 2. The van der Waals surface area contributed by atoms with Crippen LogP contribution in [0.25, 0.3) is 0 Å². The van der Waals surface area contributed by atoms with Gasteiger partial charge in [-0.3, -0.25) is 14.9 Å². The van der Waals surface area contributed by atoms with Crippen molar-refractivity contribution in [2.24, 2.45) is 0 Å². The van der Waals surface area contributed by atoms with Crippen LogP contribution in [0.2, 0.25) is 0 Å². The van der Waals surface area contributed by atoms with Gasteiger partial charge in [0.05, 0.1) is 0 Å². The first-order valence-corrected chi connectivity index (χ1v) is 12.7. The molecular formula is C22H23N5O4S2. The van der Waals surface area contributed by atoms with Crippen LogP contribution in [0.5, 0.6) is 0 Å². The number of hydrogen-bond acceptors (Lipinski definition) is 7. The molecule has 3 aromatic rings. The van der Waals surface area contributed by atoms with Crippen molar-refractivity contribution in [1.82, 2.24) is 19.8 Å². The Morgan fingerprint density at radius 3 is 2.58 bits per heavy atom. The Kier molecular flexibility index (Phi) is 6.82. The second-order valence-corrected chi connectivity index (χ2v) is 10.7. The van der Waals surface area contributed by atoms with Crippen LogP contribution >= 0.6 is 11.3 Å². The lowest BCUT2D eigenvalue weighted by atomic mass is 10.1. The van der Waals surface area contributed by atoms with Crippen LogP contribution in [0.1, 0.15) is 39.9 Å². The van der Waals surface area contributed by atoms with Gasteiger partial charge in [-0.05, 0) is 36.6 Å². The highest BCUT2D eigenvalue weighted by atomic mass is 32.2. The molecule has 2 aromatic carbocycles. The van der Waals surface area contributed by atoms with Gasteiger partial charge in [-0.1, -0.05) is 53.3 Å². The fourth-order valence-electron chi connectivity index (χ4n) is 3.42. The lowest BCUT2D eigenvalue weighted by molar-refractivity contribution is -0.128. The van der Waals surface area contributed by atoms with E-state index in [-0.39, 0.29) is 27.8 Å². The quantitative estimate of drug-likeness (QED) is 0.473. The molecule has 1 saturated heterocycles. The van der Waals surface area contributed by atoms with Crippen LogP contribution in [-0.2, 0) is 27.9 Å². The fraction of sp³-hybridized carbons (Fsp3) is 0.273. The summed E-state index contributed by atoms with van der Waals surface area (Å²) in [5, 5.41) is 10.2. The molecule has 1 aliphatic rings. The van der Waals surface area contributed by atoms with Crippen molar-refractivity contribution in [3.05, 3.63) is 70.8 Å². The molecule has 0 atom stereocenters. The van der Waals surface area contributed by atoms with E-state index in [0.717, 1.165) is 41.0 Å². The lowest BCUT2D eigenvalue weighted by Crippen LogP contribution is -2.24. The van der Waals surface area contributed by atoms with E-state index in [1.54, 1.807) is 18.2 Å². The molecular weight excluding hydrogens is 462 g/mol. The number of carbonyl (C=O) groups excluding carboxylic acids is 2. The van der Waals surface area contributed by atoms with E-state index in [1.165, 1.54) is 0 Å². The van der Waals surface area contributed by atoms with Crippen molar-refractivity contribution in [3.8, 4) is 0 Å². The summed E-state index contributed by atoms with van der Waals surface area (Å²) < 4.78 is 27.5. The molecule has 2 amide bonds. The van der Waals surface area contributed by atoms with E-state index in [1.807, 2.05) is 42.2 Å². The number of sulfonamides is 1. The second kappa shape index (κ2) is 9.77. The first-order valence-electron chi connectivity index (χ1n) is 10.4. The maximum atomic E-state index is 12.6. The first kappa shape index (κ1) is 23.0. The van der Waals surface area contributed by atoms with E-state index in [4.69, 9.17) is 0 Å². The molecule has 0 aliphatic carbocycles. The molecule has 1 aliphatic heterocycles. The summed E-state index contributed by atoms with van der Waals surface area (Å²) in [5.74, 6) is -0.221. The monoisotopic (exact) mass is 485 g/mol. The van der Waals surface area contributed by atoms with Crippen LogP contribution in [0.4, 0.5) is 5.13 Å². The highest BCUT2D eigenvalue weighted by Gasteiger charge is 2.22. The van der Waals surface area contributed by atoms with Crippen molar-refractivity contribution >= 4 is 38.3 Å². The number of anilines is 1. The first-order chi connectivity index (χ1) is 15.8. The van der Waals surface area contributed by atoms with Gasteiger partial charge >= 0.3 is 0 Å². The van der Waals surface area contributed by atoms with Gasteiger partial charge in [0.25, 0.3) is 15.9 Å². The lowest BCUT2D eigenvalue weighted by Gasteiger charge is -2.15. The Morgan fingerprint density at radius 2 is 1.88 bits per heavy atom. The summed E-state index contributed by atoms with van der Waals surface area (Å²) in [7, 11) is -3.89. The Morgan fingerprint density at radius 1 is 1.12 bits per heavy atom. The zero-order valence-corrected chi connectivity index (χ0v) is 19.6. The number of amides is 2. The molecule has 11 heteroatoms. The smallest absolute Gasteiger partial charge is 0.270 e. The van der Waals surface area contributed by atoms with Crippen LogP contribution in [0.3, 0.4) is 0 Å². The van der Waals surface area contributed by atoms with E-state index in [0.29, 0.717) is 18.5 Å². The highest BCUT2D eigenvalue weighted by molar-refractivity contribution is 7.91. The molecule has 1 fully saturated rings. The number of rotatable bonds is 8. The Balaban J connectivity index is 1.34. The minimum absolute atomic E-state index is 0.0792. The third-order valence-electron chi connectivity index (χ3n) is 5.17. The number of nitrogens with one attached hydrogen (secondary N) is 2. The van der Waals surface area contributed by atoms with Gasteiger partial charge in [0.15, 0.2) is 0 Å². The number of likely N-dealkylation sites (tertiary alicyclic amines) is 1. The number of aryl methyl sites for hydroxylation is 1. The van der Waals surface area contributed by atoms with Crippen molar-refractivity contribution in [2.45, 2.75) is 37.2 Å². The van der Waals surface area contributed by atoms with E-state index < -0.39 is 10.0 Å². The molecule has 2 N–H and O–H groups in total. The maximum Gasteiger partial charge on any atom is 0.270 e. The van der Waals surface area contributed by atoms with Gasteiger partial charge < -0.3 is 4.90 Å². The summed E-state index contributed by atoms with van der Waals surface area (Å²) in [5.41, 5.74) is 3.15. The molecule has 9 nitrogen and oxygen atoms in total. The summed E-state index contributed by atoms with van der Waals surface area (Å²) in [4.78, 5) is 25.9. The number of aromatic nitrogens is 2. The SMILES string of the molecule is Cc1cccc(C(=O)Nc2nnc(S(=O)(=O)NCc3ccc(CN4CCCC4=O)cc3)s2)c1. The third kappa shape index (κ3) is 5.81. The van der Waals surface area contributed by atoms with E-state index in [9.17, 15) is 18.0 Å². The number of carbonyl (C=O) groups is 2. The summed E-state index contributed by atoms with van der Waals surface area (Å²) >= 11 is 0.780. The molecule has 0 saturated carbocycles. The number of hydrogen-bond donors (Lipinski definition) is 2. The van der Waals surface area contributed by atoms with Crippen LogP contribution < -0.4 is 10.0 Å². The minimum atomic E-state index is -3.89. The zero-order valence-electron chi connectivity index (χ0n) is 17.9. The molecule has 0 unspecified atom stereocenters. The molecule has 0 bridgehead atoms. The normalized spacial score (nSPS) is 14.0. The predicted octanol–water partition coefficient (Wildman–Crippen LogP) is 2.70. The summed E-state index contributed by atoms with van der Waals surface area (Å²) in [6, 6.07) is 14.5. The van der Waals surface area contributed by atoms with Gasteiger partial charge in [0.2, 0.25) is 15.4 Å². The predicted molar refractivity (Wildman–Crippen MR) is 124 cm³/mol. The van der Waals surface area contributed by atoms with Crippen molar-refractivity contribution in [1.29, 1.82) is 0 Å². The minimum Gasteiger partial charge on any atom is -0.338 e. The third-order valence-corrected chi connectivity index (χ3v) is 7.78. The molecule has 1 aromatic heterocycles. The van der Waals surface area contributed by atoms with Crippen molar-refractivity contribution < 1.29 is 18.0 Å². The Labute approximate surface area is 195 Å². The summed E-state index contributed by atoms with van der Waals surface area (Å²) in [6.45, 7) is 3.29. The van der Waals surface area contributed by atoms with Crippen LogP contribution in [0, 0.1) is 6.92 Å². The standard InChI is InChI=1S/C22H23N5O4S2/c1-15-4-2-5-18(12-15)20(29)24-21-25-26-22(32-21)33(30,31)23-13-16-7-9-17(10-8-16)14-27-11-3-6-19(27)28/h2,4-5,7-10,12,23H,3,6,11,13-14H2,1H3,(H,24,25,29). The van der Waals surface area contributed by atoms with Gasteiger partial charge in [0, 0.05) is 31.6 Å². The fourth-order valence-corrected chi connectivity index (χ4v) is 5.37. The maximum absolute atomic E-state index is 12.6. The molecule has 0 radical (unpaired) electrons. The zero-order chi connectivity index (χ0) is 23.4. The Bertz CT molecular complexity index is 1270. The van der Waals surface area contributed by atoms with Gasteiger partial charge in [-0.2, -0.15) is 0 Å². The second-order valence-electron chi connectivity index (χ2n) is 7.76. The average molecular weight is 486 g/mol. The average Bonchev–Trinajstić information content (AvgIpc) is 3.43. The van der Waals surface area contributed by atoms with Crippen molar-refractivity contribution in [3.63, 3.8) is 0 Å². The molecule has 2 heterocycles. The topological polar surface area (TPSA) is 121 Å². The van der Waals surface area contributed by atoms with Crippen LogP contribution in [-0.4, -0.2) is 41.9 Å². The molecule has 0 spiro atoms. The van der Waals surface area contributed by atoms with E-state index >= 15 is 0 Å². The number of nitrogens with zero attached hydrogens (tertiary/aromatic N) is 3. The van der Waals surface area contributed by atoms with Gasteiger partial charge in [0.1, 0.15) is 0 Å². The highest BCUT2D eigenvalue weighted by Crippen LogP contribution is 2.21. The summed E-state index contributed by atoms with van der Waals surface area (Å²) in [6.07, 6.45) is 1.49. The van der Waals surface area contributed by atoms with Crippen LogP contribution in [0.15, 0.2) is 52.9 Å².